The number of hydrogen-bond donors (Lipinski definition) is 0. The second-order valence-corrected chi connectivity index (χ2v) is 6.06. The lowest BCUT2D eigenvalue weighted by Gasteiger charge is -2.29. The van der Waals surface area contributed by atoms with Crippen LogP contribution in [0.4, 0.5) is 4.39 Å². The molecule has 1 aromatic rings. The predicted molar refractivity (Wildman–Crippen MR) is 82.0 cm³/mol. The van der Waals surface area contributed by atoms with Gasteiger partial charge < -0.3 is 4.74 Å². The normalized spacial score (nSPS) is 22.2. The molecular formula is C18H25FO2. The van der Waals surface area contributed by atoms with Crippen molar-refractivity contribution in [3.8, 4) is 0 Å². The van der Waals surface area contributed by atoms with E-state index < -0.39 is 5.82 Å². The Balaban J connectivity index is 1.90. The number of Topliss-reactive ketones (excluding diaryl/α,β-unsaturated/α-hetero) is 1. The fourth-order valence-corrected chi connectivity index (χ4v) is 3.00. The second kappa shape index (κ2) is 7.69. The van der Waals surface area contributed by atoms with Gasteiger partial charge in [0.1, 0.15) is 5.82 Å². The Bertz CT molecular complexity index is 476. The molecule has 1 aliphatic rings. The summed E-state index contributed by atoms with van der Waals surface area (Å²) in [4.78, 5) is 11.3. The summed E-state index contributed by atoms with van der Waals surface area (Å²) >= 11 is 0. The van der Waals surface area contributed by atoms with Crippen molar-refractivity contribution < 1.29 is 13.9 Å². The lowest BCUT2D eigenvalue weighted by Crippen LogP contribution is -2.21. The first-order valence-electron chi connectivity index (χ1n) is 8.03. The van der Waals surface area contributed by atoms with Gasteiger partial charge >= 0.3 is 0 Å². The van der Waals surface area contributed by atoms with E-state index in [1.807, 2.05) is 6.07 Å². The zero-order valence-corrected chi connectivity index (χ0v) is 13.0. The van der Waals surface area contributed by atoms with Crippen LogP contribution < -0.4 is 0 Å². The van der Waals surface area contributed by atoms with Gasteiger partial charge in [-0.3, -0.25) is 4.79 Å². The minimum absolute atomic E-state index is 0.0251. The number of hydrogen-bond acceptors (Lipinski definition) is 2. The maximum absolute atomic E-state index is 13.9. The van der Waals surface area contributed by atoms with Gasteiger partial charge in [-0.2, -0.15) is 0 Å². The molecule has 2 atom stereocenters. The standard InChI is InChI=1S/C18H25FO2/c1-3-4-5-6-14-7-10-18(21-12-14)15-8-9-16(13(2)20)17(19)11-15/h8-9,11,14,18H,3-7,10,12H2,1-2H3. The molecule has 0 spiro atoms. The van der Waals surface area contributed by atoms with Gasteiger partial charge in [0, 0.05) is 0 Å². The molecule has 0 aliphatic carbocycles. The van der Waals surface area contributed by atoms with Crippen LogP contribution in [-0.2, 0) is 4.74 Å². The molecule has 2 unspecified atom stereocenters. The van der Waals surface area contributed by atoms with Crippen molar-refractivity contribution in [3.05, 3.63) is 35.1 Å². The van der Waals surface area contributed by atoms with Gasteiger partial charge in [0.05, 0.1) is 18.3 Å². The molecule has 1 fully saturated rings. The van der Waals surface area contributed by atoms with Crippen LogP contribution in [0.15, 0.2) is 18.2 Å². The Kier molecular flexibility index (Phi) is 5.92. The maximum atomic E-state index is 13.9. The third kappa shape index (κ3) is 4.37. The lowest BCUT2D eigenvalue weighted by molar-refractivity contribution is -0.0200. The highest BCUT2D eigenvalue weighted by atomic mass is 19.1. The third-order valence-electron chi connectivity index (χ3n) is 4.33. The van der Waals surface area contributed by atoms with Crippen molar-refractivity contribution in [2.75, 3.05) is 6.61 Å². The number of ether oxygens (including phenoxy) is 1. The van der Waals surface area contributed by atoms with Crippen molar-refractivity contribution >= 4 is 5.78 Å². The van der Waals surface area contributed by atoms with E-state index in [-0.39, 0.29) is 17.5 Å². The molecule has 0 N–H and O–H groups in total. The number of rotatable bonds is 6. The van der Waals surface area contributed by atoms with E-state index in [0.29, 0.717) is 5.92 Å². The summed E-state index contributed by atoms with van der Waals surface area (Å²) in [7, 11) is 0. The van der Waals surface area contributed by atoms with Crippen molar-refractivity contribution in [1.82, 2.24) is 0 Å². The van der Waals surface area contributed by atoms with Gasteiger partial charge in [-0.25, -0.2) is 4.39 Å². The molecule has 0 bridgehead atoms. The molecule has 1 saturated heterocycles. The molecule has 0 amide bonds. The summed E-state index contributed by atoms with van der Waals surface area (Å²) in [5.41, 5.74) is 1.01. The molecule has 0 saturated carbocycles. The first-order chi connectivity index (χ1) is 10.1. The van der Waals surface area contributed by atoms with Crippen LogP contribution in [0.1, 0.15) is 74.4 Å². The summed E-state index contributed by atoms with van der Waals surface area (Å²) in [6, 6.07) is 4.85. The highest BCUT2D eigenvalue weighted by molar-refractivity contribution is 5.94. The SMILES string of the molecule is CCCCCC1CCC(c2ccc(C(C)=O)c(F)c2)OC1. The molecule has 2 rings (SSSR count). The summed E-state index contributed by atoms with van der Waals surface area (Å²) < 4.78 is 19.8. The van der Waals surface area contributed by atoms with E-state index in [1.165, 1.54) is 38.7 Å². The topological polar surface area (TPSA) is 26.3 Å². The molecule has 0 aromatic heterocycles. The maximum Gasteiger partial charge on any atom is 0.162 e. The Morgan fingerprint density at radius 3 is 2.71 bits per heavy atom. The van der Waals surface area contributed by atoms with E-state index in [4.69, 9.17) is 4.74 Å². The average molecular weight is 292 g/mol. The van der Waals surface area contributed by atoms with Gasteiger partial charge in [0.2, 0.25) is 0 Å². The minimum Gasteiger partial charge on any atom is -0.373 e. The van der Waals surface area contributed by atoms with Gasteiger partial charge in [-0.05, 0) is 49.8 Å². The summed E-state index contributed by atoms with van der Waals surface area (Å²) in [5.74, 6) is -0.0255. The van der Waals surface area contributed by atoms with Crippen LogP contribution in [0.25, 0.3) is 0 Å². The highest BCUT2D eigenvalue weighted by Gasteiger charge is 2.23. The zero-order valence-electron chi connectivity index (χ0n) is 13.0. The van der Waals surface area contributed by atoms with Crippen LogP contribution in [-0.4, -0.2) is 12.4 Å². The summed E-state index contributed by atoms with van der Waals surface area (Å²) in [6.45, 7) is 4.37. The Hall–Kier alpha value is -1.22. The van der Waals surface area contributed by atoms with Gasteiger partial charge in [-0.1, -0.05) is 32.3 Å². The number of halogens is 1. The minimum atomic E-state index is -0.436. The molecule has 2 nitrogen and oxygen atoms in total. The smallest absolute Gasteiger partial charge is 0.162 e. The zero-order chi connectivity index (χ0) is 15.2. The molecular weight excluding hydrogens is 267 g/mol. The monoisotopic (exact) mass is 292 g/mol. The number of ketones is 1. The molecule has 1 aliphatic heterocycles. The van der Waals surface area contributed by atoms with Crippen LogP contribution >= 0.6 is 0 Å². The Labute approximate surface area is 126 Å². The van der Waals surface area contributed by atoms with Gasteiger partial charge in [-0.15, -0.1) is 0 Å². The summed E-state index contributed by atoms with van der Waals surface area (Å²) in [6.07, 6.45) is 7.10. The molecule has 1 heterocycles. The predicted octanol–water partition coefficient (Wildman–Crippen LogP) is 5.08. The van der Waals surface area contributed by atoms with Crippen LogP contribution in [0.3, 0.4) is 0 Å². The summed E-state index contributed by atoms with van der Waals surface area (Å²) in [5, 5.41) is 0. The molecule has 116 valence electrons. The van der Waals surface area contributed by atoms with E-state index in [1.54, 1.807) is 6.07 Å². The largest absolute Gasteiger partial charge is 0.373 e. The van der Waals surface area contributed by atoms with E-state index in [2.05, 4.69) is 6.92 Å². The number of unbranched alkanes of at least 4 members (excludes halogenated alkanes) is 2. The lowest BCUT2D eigenvalue weighted by atomic mass is 9.90. The van der Waals surface area contributed by atoms with Gasteiger partial charge in [0.25, 0.3) is 0 Å². The molecule has 0 radical (unpaired) electrons. The van der Waals surface area contributed by atoms with Crippen molar-refractivity contribution in [1.29, 1.82) is 0 Å². The quantitative estimate of drug-likeness (QED) is 0.540. The van der Waals surface area contributed by atoms with E-state index >= 15 is 0 Å². The first-order valence-corrected chi connectivity index (χ1v) is 8.03. The second-order valence-electron chi connectivity index (χ2n) is 6.06. The van der Waals surface area contributed by atoms with Crippen LogP contribution in [0.2, 0.25) is 0 Å². The van der Waals surface area contributed by atoms with Crippen molar-refractivity contribution in [2.24, 2.45) is 5.92 Å². The third-order valence-corrected chi connectivity index (χ3v) is 4.33. The molecule has 21 heavy (non-hydrogen) atoms. The van der Waals surface area contributed by atoms with Gasteiger partial charge in [0.15, 0.2) is 5.78 Å². The van der Waals surface area contributed by atoms with Crippen molar-refractivity contribution in [3.63, 3.8) is 0 Å². The first kappa shape index (κ1) is 16.2. The average Bonchev–Trinajstić information content (AvgIpc) is 2.48. The number of carbonyl (C=O) groups is 1. The van der Waals surface area contributed by atoms with Crippen LogP contribution in [0, 0.1) is 11.7 Å². The highest BCUT2D eigenvalue weighted by Crippen LogP contribution is 2.33. The molecule has 3 heteroatoms. The number of benzene rings is 1. The fourth-order valence-electron chi connectivity index (χ4n) is 3.00. The molecule has 1 aromatic carbocycles. The van der Waals surface area contributed by atoms with E-state index in [0.717, 1.165) is 25.0 Å². The number of carbonyl (C=O) groups excluding carboxylic acids is 1. The Morgan fingerprint density at radius 2 is 2.14 bits per heavy atom. The van der Waals surface area contributed by atoms with E-state index in [9.17, 15) is 9.18 Å². The van der Waals surface area contributed by atoms with Crippen LogP contribution in [0.5, 0.6) is 0 Å². The Morgan fingerprint density at radius 1 is 1.33 bits per heavy atom. The van der Waals surface area contributed by atoms with Crippen molar-refractivity contribution in [2.45, 2.75) is 58.5 Å². The fraction of sp³-hybridized carbons (Fsp3) is 0.611.